The van der Waals surface area contributed by atoms with E-state index in [-0.39, 0.29) is 11.4 Å². The molecule has 0 aliphatic carbocycles. The van der Waals surface area contributed by atoms with Crippen molar-refractivity contribution in [3.8, 4) is 11.5 Å². The van der Waals surface area contributed by atoms with E-state index in [1.165, 1.54) is 0 Å². The van der Waals surface area contributed by atoms with Gasteiger partial charge in [0.2, 0.25) is 0 Å². The van der Waals surface area contributed by atoms with Gasteiger partial charge in [0.05, 0.1) is 11.9 Å². The van der Waals surface area contributed by atoms with Crippen LogP contribution in [0.25, 0.3) is 11.5 Å². The average Bonchev–Trinajstić information content (AvgIpc) is 3.15. The van der Waals surface area contributed by atoms with Gasteiger partial charge in [0.25, 0.3) is 5.91 Å². The molecule has 0 radical (unpaired) electrons. The Bertz CT molecular complexity index is 795. The number of amides is 1. The maximum absolute atomic E-state index is 12.6. The minimum atomic E-state index is -0.306. The van der Waals surface area contributed by atoms with Crippen molar-refractivity contribution in [3.63, 3.8) is 0 Å². The van der Waals surface area contributed by atoms with Crippen LogP contribution in [0.1, 0.15) is 31.1 Å². The second kappa shape index (κ2) is 5.76. The van der Waals surface area contributed by atoms with Crippen LogP contribution in [-0.2, 0) is 0 Å². The number of hydrogen-bond donors (Lipinski definition) is 1. The molecule has 0 aliphatic rings. The van der Waals surface area contributed by atoms with Crippen molar-refractivity contribution >= 4 is 5.91 Å². The van der Waals surface area contributed by atoms with Crippen LogP contribution in [0.5, 0.6) is 0 Å². The zero-order valence-corrected chi connectivity index (χ0v) is 13.5. The first-order valence-electron chi connectivity index (χ1n) is 7.55. The number of rotatable bonds is 3. The molecule has 118 valence electrons. The standard InChI is InChI=1S/C18H20N4O/c1-18(2,3)20-16(23)15-13-19-22(14-9-5-4-6-10-14)17(15)21-11-7-8-12-21/h4-13H,1-3H3,(H,20,23). The van der Waals surface area contributed by atoms with Gasteiger partial charge in [-0.25, -0.2) is 4.68 Å². The van der Waals surface area contributed by atoms with Gasteiger partial charge in [-0.2, -0.15) is 5.10 Å². The largest absolute Gasteiger partial charge is 0.347 e. The number of nitrogens with zero attached hydrogens (tertiary/aromatic N) is 3. The molecule has 0 saturated heterocycles. The SMILES string of the molecule is CC(C)(C)NC(=O)c1cnn(-c2ccccc2)c1-n1cccc1. The molecule has 2 heterocycles. The van der Waals surface area contributed by atoms with Gasteiger partial charge in [-0.3, -0.25) is 4.79 Å². The molecule has 0 bridgehead atoms. The molecule has 5 nitrogen and oxygen atoms in total. The molecule has 5 heteroatoms. The molecule has 0 spiro atoms. The lowest BCUT2D eigenvalue weighted by Gasteiger charge is -2.20. The highest BCUT2D eigenvalue weighted by molar-refractivity contribution is 5.97. The van der Waals surface area contributed by atoms with E-state index in [1.54, 1.807) is 10.9 Å². The third kappa shape index (κ3) is 3.18. The smallest absolute Gasteiger partial charge is 0.257 e. The summed E-state index contributed by atoms with van der Waals surface area (Å²) in [5.74, 6) is 0.589. The summed E-state index contributed by atoms with van der Waals surface area (Å²) in [7, 11) is 0. The molecule has 0 atom stereocenters. The van der Waals surface area contributed by atoms with E-state index in [2.05, 4.69) is 10.4 Å². The van der Waals surface area contributed by atoms with Crippen molar-refractivity contribution in [1.82, 2.24) is 19.7 Å². The molecule has 2 aromatic heterocycles. The molecule has 1 amide bonds. The fourth-order valence-corrected chi connectivity index (χ4v) is 2.39. The Balaban J connectivity index is 2.11. The predicted molar refractivity (Wildman–Crippen MR) is 90.1 cm³/mol. The van der Waals surface area contributed by atoms with E-state index in [9.17, 15) is 4.79 Å². The number of aromatic nitrogens is 3. The fraction of sp³-hybridized carbons (Fsp3) is 0.222. The average molecular weight is 308 g/mol. The highest BCUT2D eigenvalue weighted by atomic mass is 16.1. The second-order valence-electron chi connectivity index (χ2n) is 6.42. The van der Waals surface area contributed by atoms with Crippen LogP contribution in [0.15, 0.2) is 61.1 Å². The summed E-state index contributed by atoms with van der Waals surface area (Å²) in [5, 5.41) is 7.43. The first-order valence-corrected chi connectivity index (χ1v) is 7.55. The summed E-state index contributed by atoms with van der Waals surface area (Å²) >= 11 is 0. The normalized spacial score (nSPS) is 11.4. The number of carbonyl (C=O) groups excluding carboxylic acids is 1. The molecular weight excluding hydrogens is 288 g/mol. The van der Waals surface area contributed by atoms with Crippen molar-refractivity contribution in [1.29, 1.82) is 0 Å². The fourth-order valence-electron chi connectivity index (χ4n) is 2.39. The Labute approximate surface area is 135 Å². The minimum Gasteiger partial charge on any atom is -0.347 e. The molecule has 3 aromatic rings. The predicted octanol–water partition coefficient (Wildman–Crippen LogP) is 3.19. The van der Waals surface area contributed by atoms with Crippen molar-refractivity contribution < 1.29 is 4.79 Å². The Morgan fingerprint density at radius 3 is 2.30 bits per heavy atom. The van der Waals surface area contributed by atoms with Gasteiger partial charge in [0.1, 0.15) is 5.56 Å². The molecule has 0 unspecified atom stereocenters. The molecule has 1 aromatic carbocycles. The maximum Gasteiger partial charge on any atom is 0.257 e. The minimum absolute atomic E-state index is 0.136. The summed E-state index contributed by atoms with van der Waals surface area (Å²) in [6.07, 6.45) is 5.43. The summed E-state index contributed by atoms with van der Waals surface area (Å²) in [6, 6.07) is 13.6. The number of nitrogens with one attached hydrogen (secondary N) is 1. The summed E-state index contributed by atoms with van der Waals surface area (Å²) in [5.41, 5.74) is 1.14. The van der Waals surface area contributed by atoms with E-state index in [4.69, 9.17) is 0 Å². The number of para-hydroxylation sites is 1. The van der Waals surface area contributed by atoms with Gasteiger partial charge < -0.3 is 9.88 Å². The van der Waals surface area contributed by atoms with Gasteiger partial charge >= 0.3 is 0 Å². The van der Waals surface area contributed by atoms with Gasteiger partial charge in [-0.05, 0) is 45.0 Å². The topological polar surface area (TPSA) is 51.9 Å². The van der Waals surface area contributed by atoms with Gasteiger partial charge in [0, 0.05) is 17.9 Å². The van der Waals surface area contributed by atoms with Crippen LogP contribution in [0, 0.1) is 0 Å². The molecule has 0 aliphatic heterocycles. The van der Waals surface area contributed by atoms with Crippen molar-refractivity contribution in [2.45, 2.75) is 26.3 Å². The van der Waals surface area contributed by atoms with Crippen molar-refractivity contribution in [2.75, 3.05) is 0 Å². The van der Waals surface area contributed by atoms with Crippen LogP contribution < -0.4 is 5.32 Å². The monoisotopic (exact) mass is 308 g/mol. The second-order valence-corrected chi connectivity index (χ2v) is 6.42. The number of carbonyl (C=O) groups is 1. The van der Waals surface area contributed by atoms with E-state index >= 15 is 0 Å². The van der Waals surface area contributed by atoms with Crippen molar-refractivity contribution in [3.05, 3.63) is 66.6 Å². The Morgan fingerprint density at radius 2 is 1.70 bits per heavy atom. The number of benzene rings is 1. The van der Waals surface area contributed by atoms with Gasteiger partial charge in [-0.1, -0.05) is 18.2 Å². The summed E-state index contributed by atoms with van der Waals surface area (Å²) in [4.78, 5) is 12.6. The molecular formula is C18H20N4O. The Kier molecular flexibility index (Phi) is 3.78. The lowest BCUT2D eigenvalue weighted by molar-refractivity contribution is 0.0919. The van der Waals surface area contributed by atoms with Crippen LogP contribution in [-0.4, -0.2) is 25.8 Å². The highest BCUT2D eigenvalue weighted by Crippen LogP contribution is 2.20. The van der Waals surface area contributed by atoms with Crippen molar-refractivity contribution in [2.24, 2.45) is 0 Å². The van der Waals surface area contributed by atoms with E-state index in [1.807, 2.05) is 80.2 Å². The zero-order chi connectivity index (χ0) is 16.4. The lowest BCUT2D eigenvalue weighted by atomic mass is 10.1. The molecule has 1 N–H and O–H groups in total. The Hall–Kier alpha value is -2.82. The first-order chi connectivity index (χ1) is 11.0. The first kappa shape index (κ1) is 15.1. The molecule has 0 fully saturated rings. The third-order valence-electron chi connectivity index (χ3n) is 3.33. The lowest BCUT2D eigenvalue weighted by Crippen LogP contribution is -2.40. The van der Waals surface area contributed by atoms with E-state index < -0.39 is 0 Å². The molecule has 3 rings (SSSR count). The molecule has 0 saturated carbocycles. The van der Waals surface area contributed by atoms with E-state index in [0.29, 0.717) is 5.56 Å². The third-order valence-corrected chi connectivity index (χ3v) is 3.33. The summed E-state index contributed by atoms with van der Waals surface area (Å²) < 4.78 is 3.68. The Morgan fingerprint density at radius 1 is 1.04 bits per heavy atom. The van der Waals surface area contributed by atoms with Crippen LogP contribution in [0.4, 0.5) is 0 Å². The van der Waals surface area contributed by atoms with Gasteiger partial charge in [-0.15, -0.1) is 0 Å². The zero-order valence-electron chi connectivity index (χ0n) is 13.5. The van der Waals surface area contributed by atoms with Crippen LogP contribution in [0.2, 0.25) is 0 Å². The van der Waals surface area contributed by atoms with E-state index in [0.717, 1.165) is 11.5 Å². The maximum atomic E-state index is 12.6. The highest BCUT2D eigenvalue weighted by Gasteiger charge is 2.23. The quantitative estimate of drug-likeness (QED) is 0.808. The van der Waals surface area contributed by atoms with Gasteiger partial charge in [0.15, 0.2) is 5.82 Å². The molecule has 23 heavy (non-hydrogen) atoms. The summed E-state index contributed by atoms with van der Waals surface area (Å²) in [6.45, 7) is 5.88. The number of hydrogen-bond acceptors (Lipinski definition) is 2. The van der Waals surface area contributed by atoms with Crippen LogP contribution >= 0.6 is 0 Å². The van der Waals surface area contributed by atoms with Crippen LogP contribution in [0.3, 0.4) is 0 Å².